The van der Waals surface area contributed by atoms with Gasteiger partial charge < -0.3 is 4.74 Å². The van der Waals surface area contributed by atoms with E-state index in [-0.39, 0.29) is 0 Å². The van der Waals surface area contributed by atoms with E-state index in [1.807, 2.05) is 0 Å². The van der Waals surface area contributed by atoms with Crippen molar-refractivity contribution in [1.82, 2.24) is 0 Å². The van der Waals surface area contributed by atoms with E-state index in [1.54, 1.807) is 0 Å². The van der Waals surface area contributed by atoms with Gasteiger partial charge in [-0.15, -0.1) is 11.6 Å². The van der Waals surface area contributed by atoms with Crippen molar-refractivity contribution in [3.63, 3.8) is 0 Å². The molecule has 1 unspecified atom stereocenters. The molecule has 1 aromatic carbocycles. The molecule has 1 aliphatic carbocycles. The van der Waals surface area contributed by atoms with Crippen molar-refractivity contribution >= 4 is 11.6 Å². The largest absolute Gasteiger partial charge is 0.494 e. The number of halogens is 1. The minimum Gasteiger partial charge on any atom is -0.494 e. The molecule has 1 aromatic rings. The summed E-state index contributed by atoms with van der Waals surface area (Å²) < 4.78 is 5.56. The number of hydrogen-bond acceptors (Lipinski definition) is 1. The van der Waals surface area contributed by atoms with Crippen molar-refractivity contribution in [3.8, 4) is 5.75 Å². The minimum absolute atomic E-state index is 0.381. The van der Waals surface area contributed by atoms with Crippen LogP contribution in [0, 0.1) is 5.92 Å². The maximum absolute atomic E-state index is 6.30. The molecule has 0 aromatic heterocycles. The van der Waals surface area contributed by atoms with E-state index in [2.05, 4.69) is 31.2 Å². The van der Waals surface area contributed by atoms with Crippen molar-refractivity contribution in [2.24, 2.45) is 5.92 Å². The molecule has 1 nitrogen and oxygen atoms in total. The highest BCUT2D eigenvalue weighted by Gasteiger charge is 2.29. The lowest BCUT2D eigenvalue weighted by Gasteiger charge is -2.08. The molecular weight excluding hydrogens is 232 g/mol. The van der Waals surface area contributed by atoms with Gasteiger partial charge in [-0.05, 0) is 55.7 Å². The molecule has 1 fully saturated rings. The Labute approximate surface area is 109 Å². The van der Waals surface area contributed by atoms with E-state index < -0.39 is 0 Å². The standard InChI is InChI=1S/C15H21ClO/c1-2-11-17-14-8-3-12(4-9-14)5-10-15(16)13-6-7-13/h3-4,8-9,13,15H,2,5-7,10-11H2,1H3. The first-order chi connectivity index (χ1) is 8.29. The highest BCUT2D eigenvalue weighted by Crippen LogP contribution is 2.37. The van der Waals surface area contributed by atoms with Crippen molar-refractivity contribution in [2.75, 3.05) is 6.61 Å². The molecule has 0 bridgehead atoms. The molecular formula is C15H21ClO. The lowest BCUT2D eigenvalue weighted by atomic mass is 10.1. The Bertz CT molecular complexity index is 329. The van der Waals surface area contributed by atoms with Crippen molar-refractivity contribution in [2.45, 2.75) is 44.4 Å². The molecule has 1 atom stereocenters. The zero-order valence-electron chi connectivity index (χ0n) is 10.5. The smallest absolute Gasteiger partial charge is 0.119 e. The topological polar surface area (TPSA) is 9.23 Å². The average molecular weight is 253 g/mol. The van der Waals surface area contributed by atoms with Crippen LogP contribution in [0.4, 0.5) is 0 Å². The van der Waals surface area contributed by atoms with Crippen molar-refractivity contribution in [3.05, 3.63) is 29.8 Å². The van der Waals surface area contributed by atoms with Gasteiger partial charge in [-0.2, -0.15) is 0 Å². The number of alkyl halides is 1. The highest BCUT2D eigenvalue weighted by molar-refractivity contribution is 6.20. The Morgan fingerprint density at radius 3 is 2.59 bits per heavy atom. The second kappa shape index (κ2) is 6.30. The predicted molar refractivity (Wildman–Crippen MR) is 72.9 cm³/mol. The molecule has 0 heterocycles. The first-order valence-corrected chi connectivity index (χ1v) is 7.09. The van der Waals surface area contributed by atoms with Gasteiger partial charge in [-0.25, -0.2) is 0 Å². The molecule has 0 saturated heterocycles. The number of rotatable bonds is 7. The van der Waals surface area contributed by atoms with Crippen LogP contribution in [0.25, 0.3) is 0 Å². The monoisotopic (exact) mass is 252 g/mol. The molecule has 0 amide bonds. The van der Waals surface area contributed by atoms with Crippen LogP contribution in [-0.2, 0) is 6.42 Å². The third-order valence-corrected chi connectivity index (χ3v) is 3.81. The first kappa shape index (κ1) is 12.8. The predicted octanol–water partition coefficient (Wildman–Crippen LogP) is 4.43. The van der Waals surface area contributed by atoms with Crippen molar-refractivity contribution in [1.29, 1.82) is 0 Å². The van der Waals surface area contributed by atoms with E-state index in [0.29, 0.717) is 5.38 Å². The third kappa shape index (κ3) is 4.23. The van der Waals surface area contributed by atoms with Gasteiger partial charge in [-0.3, -0.25) is 0 Å². The molecule has 17 heavy (non-hydrogen) atoms. The van der Waals surface area contributed by atoms with E-state index in [9.17, 15) is 0 Å². The summed E-state index contributed by atoms with van der Waals surface area (Å²) in [6.07, 6.45) is 5.90. The van der Waals surface area contributed by atoms with Gasteiger partial charge in [0.1, 0.15) is 5.75 Å². The fourth-order valence-electron chi connectivity index (χ4n) is 1.97. The Morgan fingerprint density at radius 1 is 1.29 bits per heavy atom. The molecule has 0 radical (unpaired) electrons. The summed E-state index contributed by atoms with van der Waals surface area (Å²) in [5.74, 6) is 1.77. The van der Waals surface area contributed by atoms with Crippen LogP contribution in [0.1, 0.15) is 38.2 Å². The van der Waals surface area contributed by atoms with Crippen LogP contribution in [0.3, 0.4) is 0 Å². The minimum atomic E-state index is 0.381. The van der Waals surface area contributed by atoms with E-state index in [4.69, 9.17) is 16.3 Å². The Kier molecular flexibility index (Phi) is 4.73. The number of hydrogen-bond donors (Lipinski definition) is 0. The average Bonchev–Trinajstić information content (AvgIpc) is 3.19. The first-order valence-electron chi connectivity index (χ1n) is 6.65. The fraction of sp³-hybridized carbons (Fsp3) is 0.600. The van der Waals surface area contributed by atoms with Crippen LogP contribution >= 0.6 is 11.6 Å². The molecule has 0 aliphatic heterocycles. The van der Waals surface area contributed by atoms with Crippen LogP contribution in [0.15, 0.2) is 24.3 Å². The quantitative estimate of drug-likeness (QED) is 0.653. The lowest BCUT2D eigenvalue weighted by Crippen LogP contribution is -2.03. The van der Waals surface area contributed by atoms with Gasteiger partial charge in [0.25, 0.3) is 0 Å². The maximum Gasteiger partial charge on any atom is 0.119 e. The number of benzene rings is 1. The molecule has 2 heteroatoms. The second-order valence-electron chi connectivity index (χ2n) is 4.88. The van der Waals surface area contributed by atoms with E-state index in [1.165, 1.54) is 18.4 Å². The summed E-state index contributed by atoms with van der Waals surface area (Å²) in [5.41, 5.74) is 1.36. The maximum atomic E-state index is 6.30. The molecule has 94 valence electrons. The summed E-state index contributed by atoms with van der Waals surface area (Å²) in [6, 6.07) is 8.43. The summed E-state index contributed by atoms with van der Waals surface area (Å²) in [7, 11) is 0. The zero-order valence-corrected chi connectivity index (χ0v) is 11.2. The van der Waals surface area contributed by atoms with Crippen LogP contribution in [0.5, 0.6) is 5.75 Å². The fourth-order valence-corrected chi connectivity index (χ4v) is 2.33. The SMILES string of the molecule is CCCOc1ccc(CCC(Cl)C2CC2)cc1. The highest BCUT2D eigenvalue weighted by atomic mass is 35.5. The number of ether oxygens (including phenoxy) is 1. The number of aryl methyl sites for hydroxylation is 1. The van der Waals surface area contributed by atoms with Gasteiger partial charge >= 0.3 is 0 Å². The molecule has 2 rings (SSSR count). The van der Waals surface area contributed by atoms with Gasteiger partial charge in [0, 0.05) is 5.38 Å². The Balaban J connectivity index is 1.76. The van der Waals surface area contributed by atoms with Gasteiger partial charge in [-0.1, -0.05) is 19.1 Å². The molecule has 1 aliphatic rings. The van der Waals surface area contributed by atoms with Gasteiger partial charge in [0.2, 0.25) is 0 Å². The summed E-state index contributed by atoms with van der Waals surface area (Å²) >= 11 is 6.30. The molecule has 0 spiro atoms. The van der Waals surface area contributed by atoms with E-state index >= 15 is 0 Å². The third-order valence-electron chi connectivity index (χ3n) is 3.24. The Morgan fingerprint density at radius 2 is 2.00 bits per heavy atom. The van der Waals surface area contributed by atoms with Crippen LogP contribution < -0.4 is 4.74 Å². The summed E-state index contributed by atoms with van der Waals surface area (Å²) in [5, 5.41) is 0.381. The molecule has 1 saturated carbocycles. The molecule has 0 N–H and O–H groups in total. The van der Waals surface area contributed by atoms with Crippen molar-refractivity contribution < 1.29 is 4.74 Å². The van der Waals surface area contributed by atoms with Crippen LogP contribution in [-0.4, -0.2) is 12.0 Å². The van der Waals surface area contributed by atoms with E-state index in [0.717, 1.165) is 37.5 Å². The van der Waals surface area contributed by atoms with Gasteiger partial charge in [0.15, 0.2) is 0 Å². The van der Waals surface area contributed by atoms with Gasteiger partial charge in [0.05, 0.1) is 6.61 Å². The summed E-state index contributed by atoms with van der Waals surface area (Å²) in [6.45, 7) is 2.91. The zero-order chi connectivity index (χ0) is 12.1. The summed E-state index contributed by atoms with van der Waals surface area (Å²) in [4.78, 5) is 0. The second-order valence-corrected chi connectivity index (χ2v) is 5.45. The van der Waals surface area contributed by atoms with Crippen LogP contribution in [0.2, 0.25) is 0 Å². The normalized spacial score (nSPS) is 16.8. The Hall–Kier alpha value is -0.690. The lowest BCUT2D eigenvalue weighted by molar-refractivity contribution is 0.317.